The maximum absolute atomic E-state index is 12.9. The minimum absolute atomic E-state index is 0.0235. The second kappa shape index (κ2) is 6.63. The number of ether oxygens (including phenoxy) is 1. The summed E-state index contributed by atoms with van der Waals surface area (Å²) < 4.78 is 5.60. The lowest BCUT2D eigenvalue weighted by molar-refractivity contribution is -0.167. The van der Waals surface area contributed by atoms with E-state index in [9.17, 15) is 9.59 Å². The van der Waals surface area contributed by atoms with Crippen molar-refractivity contribution in [2.24, 2.45) is 5.92 Å². The summed E-state index contributed by atoms with van der Waals surface area (Å²) in [5.41, 5.74) is 1.74. The molecule has 0 radical (unpaired) electrons. The number of amides is 1. The summed E-state index contributed by atoms with van der Waals surface area (Å²) in [7, 11) is 0. The predicted molar refractivity (Wildman–Crippen MR) is 103 cm³/mol. The van der Waals surface area contributed by atoms with Crippen LogP contribution in [0.25, 0.3) is 0 Å². The smallest absolute Gasteiger partial charge is 0.312 e. The predicted octanol–water partition coefficient (Wildman–Crippen LogP) is 4.46. The van der Waals surface area contributed by atoms with Gasteiger partial charge in [0.2, 0.25) is 5.91 Å². The molecule has 3 aliphatic heterocycles. The zero-order valence-corrected chi connectivity index (χ0v) is 15.7. The number of hydrogen-bond donors (Lipinski definition) is 1. The Kier molecular flexibility index (Phi) is 4.45. The zero-order chi connectivity index (χ0) is 18.3. The summed E-state index contributed by atoms with van der Waals surface area (Å²) in [4.78, 5) is 24.9. The summed E-state index contributed by atoms with van der Waals surface area (Å²) in [5, 5.41) is 3.02. The van der Waals surface area contributed by atoms with Crippen molar-refractivity contribution in [3.63, 3.8) is 0 Å². The number of carbonyl (C=O) groups is 2. The van der Waals surface area contributed by atoms with Gasteiger partial charge in [-0.15, -0.1) is 11.8 Å². The molecule has 4 nitrogen and oxygen atoms in total. The van der Waals surface area contributed by atoms with Crippen LogP contribution in [0, 0.1) is 5.92 Å². The number of rotatable bonds is 3. The summed E-state index contributed by atoms with van der Waals surface area (Å²) in [5.74, 6) is -0.977. The van der Waals surface area contributed by atoms with Crippen LogP contribution >= 0.6 is 23.4 Å². The third kappa shape index (κ3) is 3.21. The van der Waals surface area contributed by atoms with Gasteiger partial charge in [-0.1, -0.05) is 41.9 Å². The minimum atomic E-state index is -0.686. The molecule has 0 saturated carbocycles. The Balaban J connectivity index is 1.62. The molecule has 4 unspecified atom stereocenters. The number of nitrogens with one attached hydrogen (secondary N) is 1. The van der Waals surface area contributed by atoms with Crippen molar-refractivity contribution in [2.75, 3.05) is 5.32 Å². The van der Waals surface area contributed by atoms with Gasteiger partial charge in [0, 0.05) is 23.0 Å². The zero-order valence-electron chi connectivity index (χ0n) is 14.1. The van der Waals surface area contributed by atoms with Gasteiger partial charge in [-0.2, -0.15) is 0 Å². The van der Waals surface area contributed by atoms with Crippen LogP contribution in [0.5, 0.6) is 0 Å². The van der Waals surface area contributed by atoms with E-state index in [-0.39, 0.29) is 17.8 Å². The molecule has 2 aromatic carbocycles. The summed E-state index contributed by atoms with van der Waals surface area (Å²) in [6, 6.07) is 16.8. The van der Waals surface area contributed by atoms with E-state index >= 15 is 0 Å². The highest BCUT2D eigenvalue weighted by molar-refractivity contribution is 8.02. The second-order valence-electron chi connectivity index (χ2n) is 6.84. The van der Waals surface area contributed by atoms with Gasteiger partial charge in [0.15, 0.2) is 4.93 Å². The number of anilines is 1. The van der Waals surface area contributed by atoms with Crippen molar-refractivity contribution in [3.8, 4) is 0 Å². The Morgan fingerprint density at radius 1 is 1.19 bits per heavy atom. The first-order valence-corrected chi connectivity index (χ1v) is 9.73. The van der Waals surface area contributed by atoms with Crippen LogP contribution in [-0.4, -0.2) is 22.1 Å². The molecule has 26 heavy (non-hydrogen) atoms. The van der Waals surface area contributed by atoms with E-state index in [0.717, 1.165) is 5.56 Å². The first-order valence-electron chi connectivity index (χ1n) is 8.47. The Morgan fingerprint density at radius 3 is 2.54 bits per heavy atom. The second-order valence-corrected chi connectivity index (χ2v) is 8.88. The van der Waals surface area contributed by atoms with E-state index in [4.69, 9.17) is 16.3 Å². The van der Waals surface area contributed by atoms with Crippen LogP contribution in [0.4, 0.5) is 5.69 Å². The Labute approximate surface area is 161 Å². The van der Waals surface area contributed by atoms with Gasteiger partial charge >= 0.3 is 5.97 Å². The molecule has 6 heteroatoms. The van der Waals surface area contributed by atoms with E-state index in [1.807, 2.05) is 37.3 Å². The van der Waals surface area contributed by atoms with Crippen LogP contribution in [-0.2, 0) is 14.3 Å². The molecule has 1 amide bonds. The van der Waals surface area contributed by atoms with Crippen molar-refractivity contribution in [1.82, 2.24) is 0 Å². The molecule has 3 heterocycles. The van der Waals surface area contributed by atoms with Gasteiger partial charge in [0.1, 0.15) is 5.25 Å². The fourth-order valence-electron chi connectivity index (χ4n) is 3.75. The number of fused-ring (bicyclic) bond motifs is 3. The number of hydrogen-bond acceptors (Lipinski definition) is 4. The highest BCUT2D eigenvalue weighted by Gasteiger charge is 2.58. The molecule has 0 aliphatic carbocycles. The fraction of sp³-hybridized carbons (Fsp3) is 0.300. The van der Waals surface area contributed by atoms with E-state index in [0.29, 0.717) is 17.1 Å². The van der Waals surface area contributed by atoms with E-state index in [1.165, 1.54) is 11.8 Å². The highest BCUT2D eigenvalue weighted by Crippen LogP contribution is 2.56. The summed E-state index contributed by atoms with van der Waals surface area (Å²) in [6.07, 6.45) is 0.711. The number of carbonyl (C=O) groups excluding carboxylic acids is 2. The van der Waals surface area contributed by atoms with Crippen molar-refractivity contribution in [3.05, 3.63) is 65.2 Å². The number of esters is 1. The molecule has 0 spiro atoms. The third-order valence-corrected chi connectivity index (χ3v) is 6.67. The van der Waals surface area contributed by atoms with Crippen LogP contribution in [0.1, 0.15) is 24.8 Å². The molecule has 4 atom stereocenters. The molecule has 134 valence electrons. The van der Waals surface area contributed by atoms with Gasteiger partial charge in [-0.3, -0.25) is 9.59 Å². The van der Waals surface area contributed by atoms with Gasteiger partial charge < -0.3 is 10.1 Å². The molecule has 3 saturated heterocycles. The molecular weight excluding hydrogens is 370 g/mol. The maximum Gasteiger partial charge on any atom is 0.312 e. The van der Waals surface area contributed by atoms with Crippen molar-refractivity contribution in [2.45, 2.75) is 29.4 Å². The molecule has 5 rings (SSSR count). The molecule has 3 aliphatic rings. The van der Waals surface area contributed by atoms with Crippen LogP contribution in [0.3, 0.4) is 0 Å². The van der Waals surface area contributed by atoms with Gasteiger partial charge in [0.05, 0.1) is 5.92 Å². The van der Waals surface area contributed by atoms with Crippen molar-refractivity contribution < 1.29 is 14.3 Å². The Hall–Kier alpha value is -1.98. The molecule has 3 fully saturated rings. The quantitative estimate of drug-likeness (QED) is 0.790. The van der Waals surface area contributed by atoms with Crippen molar-refractivity contribution >= 4 is 40.9 Å². The standard InChI is InChI=1S/C20H18ClNO3S/c1-20-11-15(12-5-3-2-4-6-12)16(19(24)25-20)17(26-20)18(23)22-14-9-7-13(21)8-10-14/h2-10,15-17H,11H2,1H3,(H,22,23). The van der Waals surface area contributed by atoms with Crippen molar-refractivity contribution in [1.29, 1.82) is 0 Å². The number of thioether (sulfide) groups is 1. The molecular formula is C20H18ClNO3S. The Bertz CT molecular complexity index is 842. The molecule has 0 aromatic heterocycles. The normalized spacial score (nSPS) is 29.9. The van der Waals surface area contributed by atoms with Gasteiger partial charge in [0.25, 0.3) is 0 Å². The largest absolute Gasteiger partial charge is 0.448 e. The first kappa shape index (κ1) is 17.4. The van der Waals surface area contributed by atoms with E-state index in [1.54, 1.807) is 24.3 Å². The Morgan fingerprint density at radius 2 is 1.88 bits per heavy atom. The summed E-state index contributed by atoms with van der Waals surface area (Å²) >= 11 is 7.33. The van der Waals surface area contributed by atoms with Crippen LogP contribution in [0.15, 0.2) is 54.6 Å². The van der Waals surface area contributed by atoms with E-state index in [2.05, 4.69) is 5.32 Å². The van der Waals surface area contributed by atoms with Crippen LogP contribution < -0.4 is 5.32 Å². The van der Waals surface area contributed by atoms with Gasteiger partial charge in [-0.05, 0) is 36.8 Å². The molecule has 2 aromatic rings. The molecule has 2 bridgehead atoms. The lowest BCUT2D eigenvalue weighted by Gasteiger charge is -2.50. The summed E-state index contributed by atoms with van der Waals surface area (Å²) in [6.45, 7) is 1.89. The lowest BCUT2D eigenvalue weighted by Crippen LogP contribution is -2.56. The minimum Gasteiger partial charge on any atom is -0.448 e. The monoisotopic (exact) mass is 387 g/mol. The van der Waals surface area contributed by atoms with Gasteiger partial charge in [-0.25, -0.2) is 0 Å². The van der Waals surface area contributed by atoms with Crippen LogP contribution in [0.2, 0.25) is 5.02 Å². The third-order valence-electron chi connectivity index (χ3n) is 4.91. The number of benzene rings is 2. The maximum atomic E-state index is 12.9. The van der Waals surface area contributed by atoms with E-state index < -0.39 is 16.1 Å². The number of halogens is 1. The SMILES string of the molecule is CC12CC(c3ccccc3)C(C(=O)O1)C(C(=O)Nc1ccc(Cl)cc1)S2. The highest BCUT2D eigenvalue weighted by atomic mass is 35.5. The topological polar surface area (TPSA) is 55.4 Å². The molecule has 1 N–H and O–H groups in total. The average molecular weight is 388 g/mol. The first-order chi connectivity index (χ1) is 12.5. The fourth-order valence-corrected chi connectivity index (χ4v) is 5.43. The lowest BCUT2D eigenvalue weighted by atomic mass is 9.77. The average Bonchev–Trinajstić information content (AvgIpc) is 2.63.